The molecule has 0 unspecified atom stereocenters. The maximum absolute atomic E-state index is 12.4. The van der Waals surface area contributed by atoms with Crippen molar-refractivity contribution in [2.24, 2.45) is 5.92 Å². The summed E-state index contributed by atoms with van der Waals surface area (Å²) in [6.07, 6.45) is 7.48. The molecule has 0 saturated heterocycles. The molecule has 1 aliphatic carbocycles. The molecule has 6 nitrogen and oxygen atoms in total. The number of rotatable bonds is 7. The van der Waals surface area contributed by atoms with Gasteiger partial charge in [0.25, 0.3) is 0 Å². The molecule has 1 aromatic heterocycles. The molecule has 0 atom stereocenters. The van der Waals surface area contributed by atoms with E-state index < -0.39 is 0 Å². The fourth-order valence-corrected chi connectivity index (χ4v) is 3.62. The first-order valence-electron chi connectivity index (χ1n) is 10.4. The minimum Gasteiger partial charge on any atom is -0.491 e. The maximum Gasteiger partial charge on any atom is 0.226 e. The van der Waals surface area contributed by atoms with E-state index in [0.29, 0.717) is 39.1 Å². The topological polar surface area (TPSA) is 71.5 Å². The summed E-state index contributed by atoms with van der Waals surface area (Å²) in [5, 5.41) is 2.97. The Hall–Kier alpha value is -2.89. The van der Waals surface area contributed by atoms with E-state index in [0.717, 1.165) is 41.7 Å². The predicted octanol–water partition coefficient (Wildman–Crippen LogP) is 2.50. The Bertz CT molecular complexity index is 865. The maximum atomic E-state index is 12.4. The van der Waals surface area contributed by atoms with Crippen LogP contribution in [0.25, 0.3) is 0 Å². The molecule has 1 aromatic carbocycles. The lowest BCUT2D eigenvalue weighted by Gasteiger charge is -2.19. The molecular formula is C23H27N3O3. The molecule has 2 amide bonds. The molecule has 4 rings (SSSR count). The van der Waals surface area contributed by atoms with Crippen LogP contribution in [0.1, 0.15) is 36.0 Å². The molecule has 2 aromatic rings. The zero-order chi connectivity index (χ0) is 20.1. The monoisotopic (exact) mass is 393 g/mol. The van der Waals surface area contributed by atoms with Crippen LogP contribution in [0, 0.1) is 5.92 Å². The van der Waals surface area contributed by atoms with E-state index in [-0.39, 0.29) is 17.7 Å². The second kappa shape index (κ2) is 9.07. The zero-order valence-electron chi connectivity index (χ0n) is 16.6. The van der Waals surface area contributed by atoms with Gasteiger partial charge in [0.15, 0.2) is 0 Å². The van der Waals surface area contributed by atoms with Gasteiger partial charge in [-0.1, -0.05) is 18.2 Å². The molecule has 1 saturated carbocycles. The molecule has 1 N–H and O–H groups in total. The molecule has 0 spiro atoms. The van der Waals surface area contributed by atoms with Gasteiger partial charge in [0.05, 0.1) is 6.54 Å². The molecule has 1 aliphatic heterocycles. The van der Waals surface area contributed by atoms with Gasteiger partial charge in [-0.2, -0.15) is 0 Å². The zero-order valence-corrected chi connectivity index (χ0v) is 16.6. The van der Waals surface area contributed by atoms with E-state index >= 15 is 0 Å². The van der Waals surface area contributed by atoms with E-state index in [9.17, 15) is 9.59 Å². The number of ether oxygens (including phenoxy) is 1. The van der Waals surface area contributed by atoms with Crippen LogP contribution in [-0.4, -0.2) is 41.4 Å². The molecule has 0 radical (unpaired) electrons. The molecule has 6 heteroatoms. The third-order valence-corrected chi connectivity index (χ3v) is 5.44. The highest BCUT2D eigenvalue weighted by Crippen LogP contribution is 2.33. The molecule has 2 heterocycles. The summed E-state index contributed by atoms with van der Waals surface area (Å²) in [7, 11) is 0. The quantitative estimate of drug-likeness (QED) is 0.785. The summed E-state index contributed by atoms with van der Waals surface area (Å²) in [4.78, 5) is 30.6. The van der Waals surface area contributed by atoms with Gasteiger partial charge in [-0.05, 0) is 48.9 Å². The highest BCUT2D eigenvalue weighted by atomic mass is 16.5. The lowest BCUT2D eigenvalue weighted by molar-refractivity contribution is -0.133. The highest BCUT2D eigenvalue weighted by Gasteiger charge is 2.34. The Balaban J connectivity index is 1.28. The molecule has 152 valence electrons. The van der Waals surface area contributed by atoms with Crippen molar-refractivity contribution in [2.75, 3.05) is 19.7 Å². The number of nitrogens with one attached hydrogen (secondary N) is 1. The largest absolute Gasteiger partial charge is 0.491 e. The number of fused-ring (bicyclic) bond motifs is 1. The number of aromatic nitrogens is 1. The summed E-state index contributed by atoms with van der Waals surface area (Å²) in [5.74, 6) is 1.36. The van der Waals surface area contributed by atoms with Crippen LogP contribution in [0.3, 0.4) is 0 Å². The third-order valence-electron chi connectivity index (χ3n) is 5.44. The number of aryl methyl sites for hydroxylation is 1. The Morgan fingerprint density at radius 2 is 2.07 bits per heavy atom. The first-order chi connectivity index (χ1) is 14.2. The lowest BCUT2D eigenvalue weighted by atomic mass is 10.0. The van der Waals surface area contributed by atoms with Crippen LogP contribution in [0.5, 0.6) is 5.75 Å². The van der Waals surface area contributed by atoms with Crippen LogP contribution in [0.4, 0.5) is 0 Å². The first-order valence-corrected chi connectivity index (χ1v) is 10.4. The number of hydrogen-bond donors (Lipinski definition) is 1. The fourth-order valence-electron chi connectivity index (χ4n) is 3.62. The summed E-state index contributed by atoms with van der Waals surface area (Å²) in [5.41, 5.74) is 3.24. The minimum absolute atomic E-state index is 0.0469. The van der Waals surface area contributed by atoms with Gasteiger partial charge in [-0.15, -0.1) is 0 Å². The lowest BCUT2D eigenvalue weighted by Crippen LogP contribution is -2.33. The van der Waals surface area contributed by atoms with Crippen LogP contribution >= 0.6 is 0 Å². The second-order valence-electron chi connectivity index (χ2n) is 7.79. The average molecular weight is 393 g/mol. The van der Waals surface area contributed by atoms with Crippen molar-refractivity contribution in [3.05, 3.63) is 59.4 Å². The number of benzene rings is 1. The number of pyridine rings is 1. The van der Waals surface area contributed by atoms with Gasteiger partial charge in [0.1, 0.15) is 12.4 Å². The molecular weight excluding hydrogens is 366 g/mol. The number of nitrogens with zero attached hydrogens (tertiary/aromatic N) is 2. The Morgan fingerprint density at radius 1 is 1.17 bits per heavy atom. The predicted molar refractivity (Wildman–Crippen MR) is 109 cm³/mol. The summed E-state index contributed by atoms with van der Waals surface area (Å²) in [6.45, 7) is 2.37. The first kappa shape index (κ1) is 19.4. The van der Waals surface area contributed by atoms with Crippen molar-refractivity contribution in [3.63, 3.8) is 0 Å². The Labute approximate surface area is 171 Å². The van der Waals surface area contributed by atoms with Crippen molar-refractivity contribution in [1.82, 2.24) is 15.2 Å². The van der Waals surface area contributed by atoms with Crippen LogP contribution in [0.2, 0.25) is 0 Å². The molecule has 1 fully saturated rings. The SMILES string of the molecule is O=C(CCc1ccc2c(c1)CN(C(=O)C1CC1)CCO2)NCCc1cccnc1. The van der Waals surface area contributed by atoms with Crippen molar-refractivity contribution in [1.29, 1.82) is 0 Å². The van der Waals surface area contributed by atoms with Crippen LogP contribution in [0.15, 0.2) is 42.7 Å². The van der Waals surface area contributed by atoms with E-state index in [1.54, 1.807) is 6.20 Å². The second-order valence-corrected chi connectivity index (χ2v) is 7.79. The molecule has 0 bridgehead atoms. The number of carbonyl (C=O) groups excluding carboxylic acids is 2. The molecule has 29 heavy (non-hydrogen) atoms. The fraction of sp³-hybridized carbons (Fsp3) is 0.435. The van der Waals surface area contributed by atoms with Gasteiger partial charge in [0.2, 0.25) is 11.8 Å². The summed E-state index contributed by atoms with van der Waals surface area (Å²) in [6, 6.07) is 9.97. The highest BCUT2D eigenvalue weighted by molar-refractivity contribution is 5.81. The number of hydrogen-bond acceptors (Lipinski definition) is 4. The van der Waals surface area contributed by atoms with Gasteiger partial charge < -0.3 is 15.0 Å². The Morgan fingerprint density at radius 3 is 2.86 bits per heavy atom. The average Bonchev–Trinajstić information content (AvgIpc) is 3.59. The number of carbonyl (C=O) groups is 2. The van der Waals surface area contributed by atoms with Gasteiger partial charge in [-0.25, -0.2) is 0 Å². The third kappa shape index (κ3) is 5.34. The van der Waals surface area contributed by atoms with Gasteiger partial charge in [-0.3, -0.25) is 14.6 Å². The standard InChI is InChI=1S/C23H27N3O3/c27-22(25-11-9-18-2-1-10-24-15-18)8-4-17-3-7-21-20(14-17)16-26(12-13-29-21)23(28)19-5-6-19/h1-3,7,10,14-15,19H,4-6,8-9,11-13,16H2,(H,25,27). The van der Waals surface area contributed by atoms with Crippen molar-refractivity contribution >= 4 is 11.8 Å². The van der Waals surface area contributed by atoms with Crippen molar-refractivity contribution in [3.8, 4) is 5.75 Å². The van der Waals surface area contributed by atoms with Gasteiger partial charge >= 0.3 is 0 Å². The summed E-state index contributed by atoms with van der Waals surface area (Å²) < 4.78 is 5.83. The normalized spacial score (nSPS) is 15.8. The van der Waals surface area contributed by atoms with E-state index in [2.05, 4.69) is 16.4 Å². The molecule has 2 aliphatic rings. The number of amides is 2. The smallest absolute Gasteiger partial charge is 0.226 e. The minimum atomic E-state index is 0.0469. The van der Waals surface area contributed by atoms with Gasteiger partial charge in [0, 0.05) is 43.4 Å². The Kier molecular flexibility index (Phi) is 6.08. The summed E-state index contributed by atoms with van der Waals surface area (Å²) >= 11 is 0. The van der Waals surface area contributed by atoms with E-state index in [4.69, 9.17) is 4.74 Å². The van der Waals surface area contributed by atoms with E-state index in [1.165, 1.54) is 0 Å². The van der Waals surface area contributed by atoms with Crippen molar-refractivity contribution in [2.45, 2.75) is 38.6 Å². The van der Waals surface area contributed by atoms with E-state index in [1.807, 2.05) is 35.4 Å². The van der Waals surface area contributed by atoms with Crippen LogP contribution in [-0.2, 0) is 29.0 Å². The van der Waals surface area contributed by atoms with Crippen LogP contribution < -0.4 is 10.1 Å². The van der Waals surface area contributed by atoms with Crippen molar-refractivity contribution < 1.29 is 14.3 Å².